The summed E-state index contributed by atoms with van der Waals surface area (Å²) in [5, 5.41) is 5.55. The van der Waals surface area contributed by atoms with E-state index in [-0.39, 0.29) is 0 Å². The summed E-state index contributed by atoms with van der Waals surface area (Å²) in [5.41, 5.74) is 9.86. The first-order valence-corrected chi connectivity index (χ1v) is 20.7. The molecule has 258 valence electrons. The number of hydrogen-bond donors (Lipinski definition) is 0. The molecule has 8 aromatic carbocycles. The third-order valence-electron chi connectivity index (χ3n) is 10.8. The first-order valence-electron chi connectivity index (χ1n) is 18.7. The van der Waals surface area contributed by atoms with E-state index in [1.165, 1.54) is 31.9 Å². The summed E-state index contributed by atoms with van der Waals surface area (Å²) in [4.78, 5) is 15.6. The van der Waals surface area contributed by atoms with Crippen molar-refractivity contribution >= 4 is 28.8 Å². The lowest BCUT2D eigenvalue weighted by Gasteiger charge is -2.31. The Balaban J connectivity index is 1.19. The second kappa shape index (κ2) is 13.8. The van der Waals surface area contributed by atoms with Gasteiger partial charge in [-0.05, 0) is 78.4 Å². The number of fused-ring (bicyclic) bond motifs is 3. The van der Waals surface area contributed by atoms with Gasteiger partial charge >= 0.3 is 0 Å². The van der Waals surface area contributed by atoms with E-state index in [0.717, 1.165) is 38.9 Å². The van der Waals surface area contributed by atoms with Crippen LogP contribution in [0.4, 0.5) is 0 Å². The average Bonchev–Trinajstić information content (AvgIpc) is 3.58. The molecule has 0 aliphatic carbocycles. The summed E-state index contributed by atoms with van der Waals surface area (Å²) < 4.78 is 0. The van der Waals surface area contributed by atoms with Gasteiger partial charge in [0.2, 0.25) is 0 Å². The Morgan fingerprint density at radius 2 is 0.655 bits per heavy atom. The molecule has 0 atom stereocenters. The SMILES string of the molecule is c1ccc(-c2cc(-c3ccccc3)cc(-c3nc(-c4ccccc4)nc(-c4ccc5c(c4)-c4ccccc4[Si]5(c4ccccc4)c4ccccc4)n3)c2)cc1. The van der Waals surface area contributed by atoms with Gasteiger partial charge in [-0.15, -0.1) is 0 Å². The van der Waals surface area contributed by atoms with Crippen LogP contribution in [-0.4, -0.2) is 23.0 Å². The minimum Gasteiger partial charge on any atom is -0.208 e. The number of hydrogen-bond acceptors (Lipinski definition) is 3. The van der Waals surface area contributed by atoms with Gasteiger partial charge in [-0.2, -0.15) is 0 Å². The van der Waals surface area contributed by atoms with Gasteiger partial charge in [-0.25, -0.2) is 15.0 Å². The van der Waals surface area contributed by atoms with Crippen LogP contribution < -0.4 is 20.7 Å². The van der Waals surface area contributed by atoms with Crippen LogP contribution in [0.25, 0.3) is 67.5 Å². The van der Waals surface area contributed by atoms with Gasteiger partial charge in [0.05, 0.1) is 0 Å². The molecule has 2 heterocycles. The van der Waals surface area contributed by atoms with Crippen LogP contribution >= 0.6 is 0 Å². The van der Waals surface area contributed by atoms with Gasteiger partial charge in [-0.1, -0.05) is 188 Å². The van der Waals surface area contributed by atoms with Gasteiger partial charge in [0.1, 0.15) is 0 Å². The van der Waals surface area contributed by atoms with Crippen molar-refractivity contribution in [1.82, 2.24) is 15.0 Å². The van der Waals surface area contributed by atoms with E-state index in [0.29, 0.717) is 17.5 Å². The molecule has 0 N–H and O–H groups in total. The molecule has 1 aliphatic rings. The van der Waals surface area contributed by atoms with Crippen molar-refractivity contribution in [2.24, 2.45) is 0 Å². The molecule has 0 fully saturated rings. The summed E-state index contributed by atoms with van der Waals surface area (Å²) >= 11 is 0. The average molecular weight is 718 g/mol. The van der Waals surface area contributed by atoms with Crippen molar-refractivity contribution in [3.05, 3.63) is 212 Å². The maximum absolute atomic E-state index is 5.29. The van der Waals surface area contributed by atoms with Gasteiger partial charge in [0.15, 0.2) is 25.5 Å². The molecule has 0 unspecified atom stereocenters. The minimum absolute atomic E-state index is 0.636. The molecule has 4 heteroatoms. The number of nitrogens with zero attached hydrogens (tertiary/aromatic N) is 3. The van der Waals surface area contributed by atoms with Crippen molar-refractivity contribution in [1.29, 1.82) is 0 Å². The molecule has 1 aliphatic heterocycles. The van der Waals surface area contributed by atoms with E-state index < -0.39 is 8.07 Å². The second-order valence-corrected chi connectivity index (χ2v) is 17.7. The summed E-state index contributed by atoms with van der Waals surface area (Å²) in [6, 6.07) is 76.0. The normalized spacial score (nSPS) is 12.5. The van der Waals surface area contributed by atoms with E-state index in [1.54, 1.807) is 0 Å². The van der Waals surface area contributed by atoms with E-state index in [2.05, 4.69) is 194 Å². The lowest BCUT2D eigenvalue weighted by molar-refractivity contribution is 1.07. The van der Waals surface area contributed by atoms with Crippen LogP contribution in [0.2, 0.25) is 0 Å². The van der Waals surface area contributed by atoms with E-state index >= 15 is 0 Å². The smallest absolute Gasteiger partial charge is 0.180 e. The number of benzene rings is 8. The molecule has 0 saturated carbocycles. The third kappa shape index (κ3) is 5.72. The highest BCUT2D eigenvalue weighted by Crippen LogP contribution is 2.35. The van der Waals surface area contributed by atoms with Gasteiger partial charge in [-0.3, -0.25) is 0 Å². The zero-order valence-corrected chi connectivity index (χ0v) is 31.0. The van der Waals surface area contributed by atoms with Gasteiger partial charge in [0, 0.05) is 16.7 Å². The van der Waals surface area contributed by atoms with Gasteiger partial charge < -0.3 is 0 Å². The molecule has 9 aromatic rings. The minimum atomic E-state index is -2.61. The summed E-state index contributed by atoms with van der Waals surface area (Å²) in [7, 11) is -2.61. The molecule has 0 saturated heterocycles. The molecule has 0 spiro atoms. The predicted molar refractivity (Wildman–Crippen MR) is 230 cm³/mol. The molecule has 10 rings (SSSR count). The molecular formula is C51H35N3Si. The van der Waals surface area contributed by atoms with Crippen molar-refractivity contribution < 1.29 is 0 Å². The van der Waals surface area contributed by atoms with Crippen LogP contribution in [0, 0.1) is 0 Å². The Kier molecular flexibility index (Phi) is 8.16. The first kappa shape index (κ1) is 32.6. The molecule has 1 aromatic heterocycles. The van der Waals surface area contributed by atoms with Crippen LogP contribution in [0.1, 0.15) is 0 Å². The Bertz CT molecular complexity index is 2690. The highest BCUT2D eigenvalue weighted by atomic mass is 28.3. The summed E-state index contributed by atoms with van der Waals surface area (Å²) in [6.07, 6.45) is 0. The zero-order valence-electron chi connectivity index (χ0n) is 30.0. The molecule has 55 heavy (non-hydrogen) atoms. The molecule has 0 radical (unpaired) electrons. The first-order chi connectivity index (χ1) is 27.3. The van der Waals surface area contributed by atoms with Gasteiger partial charge in [0.25, 0.3) is 0 Å². The lowest BCUT2D eigenvalue weighted by Crippen LogP contribution is -2.72. The molecular weight excluding hydrogens is 683 g/mol. The number of aromatic nitrogens is 3. The van der Waals surface area contributed by atoms with Crippen molar-refractivity contribution in [2.45, 2.75) is 0 Å². The third-order valence-corrected chi connectivity index (χ3v) is 15.7. The van der Waals surface area contributed by atoms with Crippen molar-refractivity contribution in [3.63, 3.8) is 0 Å². The molecule has 0 amide bonds. The Labute approximate surface area is 322 Å². The Hall–Kier alpha value is -7.01. The Morgan fingerprint density at radius 3 is 1.20 bits per heavy atom. The molecule has 3 nitrogen and oxygen atoms in total. The molecule has 0 bridgehead atoms. The van der Waals surface area contributed by atoms with Crippen LogP contribution in [0.3, 0.4) is 0 Å². The van der Waals surface area contributed by atoms with Crippen molar-refractivity contribution in [2.75, 3.05) is 0 Å². The quantitative estimate of drug-likeness (QED) is 0.154. The largest absolute Gasteiger partial charge is 0.208 e. The predicted octanol–water partition coefficient (Wildman–Crippen LogP) is 9.56. The second-order valence-electron chi connectivity index (χ2n) is 14.0. The lowest BCUT2D eigenvalue weighted by atomic mass is 9.96. The summed E-state index contributed by atoms with van der Waals surface area (Å²) in [6.45, 7) is 0. The van der Waals surface area contributed by atoms with Crippen LogP contribution in [0.5, 0.6) is 0 Å². The maximum Gasteiger partial charge on any atom is 0.180 e. The fraction of sp³-hybridized carbons (Fsp3) is 0. The standard InChI is InChI=1S/C51H35N3Si/c1-6-18-36(19-7-1)40-32-41(37-20-8-2-9-21-37)34-42(33-40)51-53-49(38-22-10-3-11-23-38)52-50(54-51)39-30-31-48-46(35-39)45-28-16-17-29-47(45)55(48,43-24-12-4-13-25-43)44-26-14-5-15-27-44/h1-35H. The van der Waals surface area contributed by atoms with Crippen LogP contribution in [0.15, 0.2) is 212 Å². The van der Waals surface area contributed by atoms with Crippen molar-refractivity contribution in [3.8, 4) is 67.5 Å². The maximum atomic E-state index is 5.29. The monoisotopic (exact) mass is 717 g/mol. The highest BCUT2D eigenvalue weighted by molar-refractivity contribution is 7.22. The number of rotatable bonds is 7. The van der Waals surface area contributed by atoms with Crippen LogP contribution in [-0.2, 0) is 0 Å². The fourth-order valence-corrected chi connectivity index (χ4v) is 13.5. The van der Waals surface area contributed by atoms with E-state index in [1.807, 2.05) is 18.2 Å². The van der Waals surface area contributed by atoms with E-state index in [4.69, 9.17) is 15.0 Å². The summed E-state index contributed by atoms with van der Waals surface area (Å²) in [5.74, 6) is 1.93. The fourth-order valence-electron chi connectivity index (χ4n) is 8.29. The Morgan fingerprint density at radius 1 is 0.255 bits per heavy atom. The highest BCUT2D eigenvalue weighted by Gasteiger charge is 2.48. The zero-order chi connectivity index (χ0) is 36.6. The topological polar surface area (TPSA) is 38.7 Å². The van der Waals surface area contributed by atoms with E-state index in [9.17, 15) is 0 Å².